The number of anilines is 2. The molecule has 0 aliphatic heterocycles. The number of nitrogens with zero attached hydrogens (tertiary/aromatic N) is 3. The van der Waals surface area contributed by atoms with Gasteiger partial charge in [0, 0.05) is 62.4 Å². The Balaban J connectivity index is 0.00000153. The molecule has 0 atom stereocenters. The lowest BCUT2D eigenvalue weighted by molar-refractivity contribution is -0.128. The summed E-state index contributed by atoms with van der Waals surface area (Å²) in [6, 6.07) is 12.2. The first-order chi connectivity index (χ1) is 17.7. The van der Waals surface area contributed by atoms with E-state index in [1.54, 1.807) is 37.4 Å². The van der Waals surface area contributed by atoms with E-state index in [1.165, 1.54) is 11.9 Å². The summed E-state index contributed by atoms with van der Waals surface area (Å²) in [6.45, 7) is -0.330. The highest BCUT2D eigenvalue weighted by molar-refractivity contribution is 7.98. The third-order valence-corrected chi connectivity index (χ3v) is 5.92. The maximum absolute atomic E-state index is 15.1. The molecule has 1 heterocycles. The van der Waals surface area contributed by atoms with Gasteiger partial charge in [-0.2, -0.15) is 5.26 Å². The molecule has 1 amide bonds. The molecule has 10 nitrogen and oxygen atoms in total. The third-order valence-electron chi connectivity index (χ3n) is 5.39. The van der Waals surface area contributed by atoms with Crippen molar-refractivity contribution >= 4 is 46.9 Å². The molecule has 2 aromatic carbocycles. The summed E-state index contributed by atoms with van der Waals surface area (Å²) in [4.78, 5) is 37.4. The summed E-state index contributed by atoms with van der Waals surface area (Å²) in [5.74, 6) is -0.820. The lowest BCUT2D eigenvalue weighted by atomic mass is 9.95. The molecule has 0 bridgehead atoms. The fourth-order valence-corrected chi connectivity index (χ4v) is 3.89. The van der Waals surface area contributed by atoms with Crippen LogP contribution in [0.5, 0.6) is 0 Å². The minimum atomic E-state index is -0.628. The maximum atomic E-state index is 15.1. The van der Waals surface area contributed by atoms with Crippen LogP contribution in [0.15, 0.2) is 45.6 Å². The van der Waals surface area contributed by atoms with Gasteiger partial charge in [0.1, 0.15) is 12.1 Å². The second kappa shape index (κ2) is 13.9. The number of hydrogen-bond acceptors (Lipinski definition) is 9. The number of amides is 1. The molecule has 0 aliphatic rings. The molecule has 0 unspecified atom stereocenters. The van der Waals surface area contributed by atoms with E-state index in [2.05, 4.69) is 9.44 Å². The van der Waals surface area contributed by atoms with E-state index >= 15 is 4.39 Å². The van der Waals surface area contributed by atoms with Gasteiger partial charge in [-0.3, -0.25) is 9.59 Å². The number of likely N-dealkylation sites (N-methyl/N-ethyl adjacent to an activating group) is 1. The molecule has 12 heteroatoms. The van der Waals surface area contributed by atoms with E-state index in [1.807, 2.05) is 31.1 Å². The Kier molecular flexibility index (Phi) is 10.9. The average molecular weight is 530 g/mol. The van der Waals surface area contributed by atoms with Gasteiger partial charge in [0.15, 0.2) is 5.82 Å². The van der Waals surface area contributed by atoms with Crippen LogP contribution in [0.2, 0.25) is 0 Å². The van der Waals surface area contributed by atoms with Crippen molar-refractivity contribution in [1.29, 1.82) is 5.26 Å². The van der Waals surface area contributed by atoms with E-state index in [0.717, 1.165) is 17.8 Å². The highest BCUT2D eigenvalue weighted by Crippen LogP contribution is 2.28. The van der Waals surface area contributed by atoms with Gasteiger partial charge in [-0.05, 0) is 36.4 Å². The quantitative estimate of drug-likeness (QED) is 0.164. The monoisotopic (exact) mass is 529 g/mol. The molecule has 0 saturated carbocycles. The lowest BCUT2D eigenvalue weighted by Gasteiger charge is -2.18. The molecule has 37 heavy (non-hydrogen) atoms. The van der Waals surface area contributed by atoms with Crippen LogP contribution in [0.3, 0.4) is 0 Å². The topological polar surface area (TPSA) is 139 Å². The predicted molar refractivity (Wildman–Crippen MR) is 142 cm³/mol. The first-order valence-corrected chi connectivity index (χ1v) is 11.8. The van der Waals surface area contributed by atoms with Crippen LogP contribution in [-0.2, 0) is 22.4 Å². The van der Waals surface area contributed by atoms with Gasteiger partial charge < -0.3 is 24.0 Å². The molecule has 0 fully saturated rings. The highest BCUT2D eigenvalue weighted by atomic mass is 32.2. The zero-order valence-electron chi connectivity index (χ0n) is 20.9. The minimum absolute atomic E-state index is 0.0517. The third kappa shape index (κ3) is 7.45. The Morgan fingerprint density at radius 3 is 2.57 bits per heavy atom. The van der Waals surface area contributed by atoms with Gasteiger partial charge in [0.2, 0.25) is 5.91 Å². The SMILES string of the molecule is CNSNc1cccc(Cc2c(CC(=O)N(C)CC#N)c3ccc(N(C)C)cc3oc2=O)c1F.O=CO. The van der Waals surface area contributed by atoms with E-state index in [9.17, 15) is 9.59 Å². The van der Waals surface area contributed by atoms with E-state index in [-0.39, 0.29) is 48.6 Å². The van der Waals surface area contributed by atoms with Gasteiger partial charge in [-0.25, -0.2) is 13.9 Å². The van der Waals surface area contributed by atoms with Crippen LogP contribution in [0.1, 0.15) is 16.7 Å². The number of carboxylic acid groups (broad SMARTS) is 1. The summed E-state index contributed by atoms with van der Waals surface area (Å²) >= 11 is 1.12. The first-order valence-electron chi connectivity index (χ1n) is 11.0. The summed E-state index contributed by atoms with van der Waals surface area (Å²) < 4.78 is 26.4. The number of benzene rings is 2. The molecular formula is C25H28FN5O5S. The number of carbonyl (C=O) groups excluding carboxylic acids is 1. The van der Waals surface area contributed by atoms with Gasteiger partial charge in [-0.1, -0.05) is 12.1 Å². The number of fused-ring (bicyclic) bond motifs is 1. The molecule has 3 N–H and O–H groups in total. The van der Waals surface area contributed by atoms with Crippen LogP contribution in [-0.4, -0.2) is 57.1 Å². The fourth-order valence-electron chi connectivity index (χ4n) is 3.52. The Morgan fingerprint density at radius 1 is 1.24 bits per heavy atom. The molecule has 0 spiro atoms. The standard InChI is InChI=1S/C24H26FN5O3S.CH2O2/c1-27-34-28-20-7-5-6-15(23(20)25)12-19-18(14-22(31)30(4)11-10-26)17-9-8-16(29(2)3)13-21(17)33-24(19)32;2-1-3/h5-9,13,27-28H,11-12,14H2,1-4H3;1H,(H,2,3). The molecule has 0 aliphatic carbocycles. The van der Waals surface area contributed by atoms with Gasteiger partial charge >= 0.3 is 5.63 Å². The van der Waals surface area contributed by atoms with Crippen molar-refractivity contribution in [2.75, 3.05) is 44.4 Å². The predicted octanol–water partition coefficient (Wildman–Crippen LogP) is 3.01. The number of carbonyl (C=O) groups is 2. The van der Waals surface area contributed by atoms with E-state index in [4.69, 9.17) is 19.6 Å². The zero-order valence-corrected chi connectivity index (χ0v) is 21.7. The first kappa shape index (κ1) is 29.2. The fraction of sp³-hybridized carbons (Fsp3) is 0.280. The Labute approximate surface area is 217 Å². The second-order valence-corrected chi connectivity index (χ2v) is 8.79. The summed E-state index contributed by atoms with van der Waals surface area (Å²) in [7, 11) is 6.96. The zero-order chi connectivity index (χ0) is 27.5. The Bertz CT molecular complexity index is 1360. The number of hydrogen-bond donors (Lipinski definition) is 3. The molecule has 196 valence electrons. The van der Waals surface area contributed by atoms with Crippen LogP contribution < -0.4 is 20.0 Å². The normalized spacial score (nSPS) is 10.2. The number of halogens is 1. The van der Waals surface area contributed by atoms with Crippen LogP contribution in [0.25, 0.3) is 11.0 Å². The molecule has 0 saturated heterocycles. The van der Waals surface area contributed by atoms with Crippen LogP contribution >= 0.6 is 12.1 Å². The van der Waals surface area contributed by atoms with Crippen molar-refractivity contribution in [3.63, 3.8) is 0 Å². The smallest absolute Gasteiger partial charge is 0.340 e. The summed E-state index contributed by atoms with van der Waals surface area (Å²) in [6.07, 6.45) is -0.171. The van der Waals surface area contributed by atoms with Crippen LogP contribution in [0.4, 0.5) is 15.8 Å². The maximum Gasteiger partial charge on any atom is 0.340 e. The minimum Gasteiger partial charge on any atom is -0.483 e. The molecule has 3 aromatic rings. The van der Waals surface area contributed by atoms with Crippen molar-refractivity contribution in [1.82, 2.24) is 9.62 Å². The summed E-state index contributed by atoms with van der Waals surface area (Å²) in [5, 5.41) is 16.4. The Morgan fingerprint density at radius 2 is 1.95 bits per heavy atom. The Hall–Kier alpha value is -4.08. The number of nitrogens with one attached hydrogen (secondary N) is 2. The van der Waals surface area contributed by atoms with E-state index in [0.29, 0.717) is 16.5 Å². The largest absolute Gasteiger partial charge is 0.483 e. The van der Waals surface area contributed by atoms with Gasteiger partial charge in [0.05, 0.1) is 18.2 Å². The number of nitriles is 1. The average Bonchev–Trinajstić information content (AvgIpc) is 2.86. The van der Waals surface area contributed by atoms with Crippen molar-refractivity contribution in [3.05, 3.63) is 69.3 Å². The van der Waals surface area contributed by atoms with Gasteiger partial charge in [-0.15, -0.1) is 0 Å². The van der Waals surface area contributed by atoms with E-state index < -0.39 is 11.4 Å². The van der Waals surface area contributed by atoms with Crippen molar-refractivity contribution in [2.45, 2.75) is 12.8 Å². The van der Waals surface area contributed by atoms with Crippen LogP contribution in [0, 0.1) is 17.1 Å². The highest BCUT2D eigenvalue weighted by Gasteiger charge is 2.21. The molecule has 3 rings (SSSR count). The van der Waals surface area contributed by atoms with Crippen molar-refractivity contribution < 1.29 is 23.5 Å². The summed E-state index contributed by atoms with van der Waals surface area (Å²) in [5.41, 5.74) is 1.77. The lowest BCUT2D eigenvalue weighted by Crippen LogP contribution is -2.29. The van der Waals surface area contributed by atoms with Gasteiger partial charge in [0.25, 0.3) is 6.47 Å². The second-order valence-electron chi connectivity index (χ2n) is 7.98. The van der Waals surface area contributed by atoms with Crippen molar-refractivity contribution in [3.8, 4) is 6.07 Å². The molecule has 1 aromatic heterocycles. The molecule has 0 radical (unpaired) electrons. The number of rotatable bonds is 9. The molecular weight excluding hydrogens is 501 g/mol. The van der Waals surface area contributed by atoms with Crippen molar-refractivity contribution in [2.24, 2.45) is 0 Å².